The number of carbonyl (C=O) groups is 1. The van der Waals surface area contributed by atoms with Gasteiger partial charge < -0.3 is 10.6 Å². The summed E-state index contributed by atoms with van der Waals surface area (Å²) in [6.07, 6.45) is 0.905. The Morgan fingerprint density at radius 2 is 2.00 bits per heavy atom. The summed E-state index contributed by atoms with van der Waals surface area (Å²) in [5.74, 6) is -0.340. The number of anilines is 1. The molecule has 0 aliphatic carbocycles. The van der Waals surface area contributed by atoms with Gasteiger partial charge in [-0.1, -0.05) is 6.92 Å². The summed E-state index contributed by atoms with van der Waals surface area (Å²) < 4.78 is 12.6. The largest absolute Gasteiger partial charge is 0.376 e. The third-order valence-corrected chi connectivity index (χ3v) is 2.32. The second kappa shape index (κ2) is 6.10. The molecule has 1 aromatic carbocycles. The lowest BCUT2D eigenvalue weighted by atomic mass is 10.2. The number of rotatable bonds is 5. The van der Waals surface area contributed by atoms with E-state index < -0.39 is 0 Å². The first-order valence-corrected chi connectivity index (χ1v) is 5.40. The van der Waals surface area contributed by atoms with Crippen molar-refractivity contribution in [3.8, 4) is 0 Å². The monoisotopic (exact) mass is 224 g/mol. The van der Waals surface area contributed by atoms with Crippen molar-refractivity contribution < 1.29 is 9.18 Å². The lowest BCUT2D eigenvalue weighted by Crippen LogP contribution is -2.36. The number of halogens is 1. The summed E-state index contributed by atoms with van der Waals surface area (Å²) >= 11 is 0. The Kier molecular flexibility index (Phi) is 4.76. The first-order valence-electron chi connectivity index (χ1n) is 5.40. The first-order chi connectivity index (χ1) is 7.61. The van der Waals surface area contributed by atoms with Crippen LogP contribution >= 0.6 is 0 Å². The van der Waals surface area contributed by atoms with Crippen molar-refractivity contribution in [2.75, 3.05) is 11.9 Å². The van der Waals surface area contributed by atoms with Crippen LogP contribution in [0.15, 0.2) is 24.3 Å². The highest BCUT2D eigenvalue weighted by Gasteiger charge is 2.04. The molecule has 3 nitrogen and oxygen atoms in total. The predicted molar refractivity (Wildman–Crippen MR) is 62.8 cm³/mol. The summed E-state index contributed by atoms with van der Waals surface area (Å²) in [5.41, 5.74) is 0.737. The molecular formula is C12H17FN2O. The molecule has 0 saturated heterocycles. The molecule has 0 bridgehead atoms. The van der Waals surface area contributed by atoms with Gasteiger partial charge in [0, 0.05) is 11.7 Å². The SMILES string of the molecule is CCC(C)NC(=O)CNc1ccc(F)cc1. The van der Waals surface area contributed by atoms with E-state index in [1.807, 2.05) is 13.8 Å². The van der Waals surface area contributed by atoms with Gasteiger partial charge in [-0.05, 0) is 37.6 Å². The van der Waals surface area contributed by atoms with Crippen LogP contribution < -0.4 is 10.6 Å². The average molecular weight is 224 g/mol. The lowest BCUT2D eigenvalue weighted by Gasteiger charge is -2.12. The minimum Gasteiger partial charge on any atom is -0.376 e. The van der Waals surface area contributed by atoms with Gasteiger partial charge in [0.1, 0.15) is 5.82 Å². The van der Waals surface area contributed by atoms with Crippen molar-refractivity contribution in [2.45, 2.75) is 26.3 Å². The van der Waals surface area contributed by atoms with Gasteiger partial charge in [0.15, 0.2) is 0 Å². The maximum Gasteiger partial charge on any atom is 0.239 e. The van der Waals surface area contributed by atoms with Gasteiger partial charge in [0.2, 0.25) is 5.91 Å². The molecule has 1 aromatic rings. The Morgan fingerprint density at radius 1 is 1.38 bits per heavy atom. The van der Waals surface area contributed by atoms with E-state index in [-0.39, 0.29) is 24.3 Å². The number of benzene rings is 1. The average Bonchev–Trinajstić information content (AvgIpc) is 2.28. The standard InChI is InChI=1S/C12H17FN2O/c1-3-9(2)15-12(16)8-14-11-6-4-10(13)5-7-11/h4-7,9,14H,3,8H2,1-2H3,(H,15,16). The molecule has 1 unspecified atom stereocenters. The third-order valence-electron chi connectivity index (χ3n) is 2.32. The molecule has 0 fully saturated rings. The fourth-order valence-electron chi connectivity index (χ4n) is 1.18. The van der Waals surface area contributed by atoms with Crippen molar-refractivity contribution in [1.82, 2.24) is 5.32 Å². The molecule has 0 aliphatic rings. The Hall–Kier alpha value is -1.58. The molecule has 0 saturated carbocycles. The first kappa shape index (κ1) is 12.5. The van der Waals surface area contributed by atoms with Crippen molar-refractivity contribution in [3.63, 3.8) is 0 Å². The molecule has 0 aromatic heterocycles. The second-order valence-corrected chi connectivity index (χ2v) is 3.74. The summed E-state index contributed by atoms with van der Waals surface area (Å²) in [5, 5.41) is 5.76. The maximum absolute atomic E-state index is 12.6. The van der Waals surface area contributed by atoms with E-state index in [2.05, 4.69) is 10.6 Å². The van der Waals surface area contributed by atoms with Gasteiger partial charge >= 0.3 is 0 Å². The van der Waals surface area contributed by atoms with E-state index in [0.29, 0.717) is 0 Å². The molecule has 1 rings (SSSR count). The van der Waals surface area contributed by atoms with E-state index in [0.717, 1.165) is 12.1 Å². The number of carbonyl (C=O) groups excluding carboxylic acids is 1. The van der Waals surface area contributed by atoms with Gasteiger partial charge in [0.25, 0.3) is 0 Å². The highest BCUT2D eigenvalue weighted by atomic mass is 19.1. The Balaban J connectivity index is 2.34. The molecule has 2 N–H and O–H groups in total. The quantitative estimate of drug-likeness (QED) is 0.804. The molecule has 0 radical (unpaired) electrons. The Morgan fingerprint density at radius 3 is 2.56 bits per heavy atom. The Labute approximate surface area is 95.0 Å². The van der Waals surface area contributed by atoms with Crippen LogP contribution in [0.3, 0.4) is 0 Å². The van der Waals surface area contributed by atoms with Gasteiger partial charge in [-0.25, -0.2) is 4.39 Å². The summed E-state index contributed by atoms with van der Waals surface area (Å²) in [7, 11) is 0. The zero-order valence-corrected chi connectivity index (χ0v) is 9.59. The fraction of sp³-hybridized carbons (Fsp3) is 0.417. The van der Waals surface area contributed by atoms with E-state index in [4.69, 9.17) is 0 Å². The minimum absolute atomic E-state index is 0.0568. The summed E-state index contributed by atoms with van der Waals surface area (Å²) in [4.78, 5) is 11.4. The molecule has 0 spiro atoms. The molecule has 1 amide bonds. The molecule has 1 atom stereocenters. The molecule has 88 valence electrons. The van der Waals surface area contributed by atoms with Crippen molar-refractivity contribution in [3.05, 3.63) is 30.1 Å². The lowest BCUT2D eigenvalue weighted by molar-refractivity contribution is -0.120. The fourth-order valence-corrected chi connectivity index (χ4v) is 1.18. The van der Waals surface area contributed by atoms with E-state index in [1.165, 1.54) is 12.1 Å². The molecule has 0 aliphatic heterocycles. The second-order valence-electron chi connectivity index (χ2n) is 3.74. The molecule has 16 heavy (non-hydrogen) atoms. The van der Waals surface area contributed by atoms with Crippen molar-refractivity contribution in [2.24, 2.45) is 0 Å². The van der Waals surface area contributed by atoms with Crippen LogP contribution in [0, 0.1) is 5.82 Å². The molecular weight excluding hydrogens is 207 g/mol. The smallest absolute Gasteiger partial charge is 0.239 e. The van der Waals surface area contributed by atoms with Gasteiger partial charge in [-0.15, -0.1) is 0 Å². The predicted octanol–water partition coefficient (Wildman–Crippen LogP) is 2.15. The normalized spacial score (nSPS) is 11.9. The van der Waals surface area contributed by atoms with Crippen LogP contribution in [-0.2, 0) is 4.79 Å². The highest BCUT2D eigenvalue weighted by Crippen LogP contribution is 2.07. The van der Waals surface area contributed by atoms with Crippen molar-refractivity contribution in [1.29, 1.82) is 0 Å². The van der Waals surface area contributed by atoms with Crippen LogP contribution in [-0.4, -0.2) is 18.5 Å². The topological polar surface area (TPSA) is 41.1 Å². The molecule has 4 heteroatoms. The van der Waals surface area contributed by atoms with Crippen molar-refractivity contribution >= 4 is 11.6 Å². The Bertz CT molecular complexity index is 337. The van der Waals surface area contributed by atoms with Crippen LogP contribution in [0.1, 0.15) is 20.3 Å². The molecule has 0 heterocycles. The number of hydrogen-bond acceptors (Lipinski definition) is 2. The van der Waals surface area contributed by atoms with E-state index in [1.54, 1.807) is 12.1 Å². The summed E-state index contributed by atoms with van der Waals surface area (Å²) in [6.45, 7) is 4.17. The maximum atomic E-state index is 12.6. The number of nitrogens with one attached hydrogen (secondary N) is 2. The third kappa shape index (κ3) is 4.29. The minimum atomic E-state index is -0.283. The van der Waals surface area contributed by atoms with Crippen LogP contribution in [0.25, 0.3) is 0 Å². The van der Waals surface area contributed by atoms with Gasteiger partial charge in [-0.3, -0.25) is 4.79 Å². The van der Waals surface area contributed by atoms with E-state index >= 15 is 0 Å². The van der Waals surface area contributed by atoms with Gasteiger partial charge in [0.05, 0.1) is 6.54 Å². The number of amides is 1. The van der Waals surface area contributed by atoms with Crippen LogP contribution in [0.2, 0.25) is 0 Å². The summed E-state index contributed by atoms with van der Waals surface area (Å²) in [6, 6.07) is 6.10. The van der Waals surface area contributed by atoms with E-state index in [9.17, 15) is 9.18 Å². The highest BCUT2D eigenvalue weighted by molar-refractivity contribution is 5.80. The zero-order valence-electron chi connectivity index (χ0n) is 9.59. The van der Waals surface area contributed by atoms with Gasteiger partial charge in [-0.2, -0.15) is 0 Å². The zero-order chi connectivity index (χ0) is 12.0. The number of hydrogen-bond donors (Lipinski definition) is 2. The van der Waals surface area contributed by atoms with Crippen LogP contribution in [0.4, 0.5) is 10.1 Å². The van der Waals surface area contributed by atoms with Crippen LogP contribution in [0.5, 0.6) is 0 Å².